The van der Waals surface area contributed by atoms with Crippen molar-refractivity contribution < 1.29 is 27.5 Å². The van der Waals surface area contributed by atoms with E-state index in [9.17, 15) is 22.8 Å². The SMILES string of the molecule is COC(=O)c1ccc2[nH]c3c(c2c1)CN(C(=O)Cc1csc(-c2ccc(C(F)(F)F)cc2)n1)CC3. The Bertz CT molecular complexity index is 1420. The largest absolute Gasteiger partial charge is 0.465 e. The van der Waals surface area contributed by atoms with Crippen LogP contribution in [0.3, 0.4) is 0 Å². The van der Waals surface area contributed by atoms with Crippen LogP contribution in [0.2, 0.25) is 0 Å². The molecule has 35 heavy (non-hydrogen) atoms. The Labute approximate surface area is 202 Å². The first-order chi connectivity index (χ1) is 16.7. The van der Waals surface area contributed by atoms with E-state index >= 15 is 0 Å². The molecule has 0 atom stereocenters. The average molecular weight is 500 g/mol. The fourth-order valence-electron chi connectivity index (χ4n) is 4.26. The van der Waals surface area contributed by atoms with E-state index in [2.05, 4.69) is 9.97 Å². The van der Waals surface area contributed by atoms with Crippen molar-refractivity contribution in [3.05, 3.63) is 75.9 Å². The smallest absolute Gasteiger partial charge is 0.416 e. The third-order valence-corrected chi connectivity index (χ3v) is 7.03. The molecule has 5 rings (SSSR count). The van der Waals surface area contributed by atoms with E-state index in [4.69, 9.17) is 4.74 Å². The fourth-order valence-corrected chi connectivity index (χ4v) is 5.09. The van der Waals surface area contributed by atoms with Gasteiger partial charge in [0.25, 0.3) is 0 Å². The number of halogens is 3. The molecule has 0 radical (unpaired) electrons. The number of methoxy groups -OCH3 is 1. The highest BCUT2D eigenvalue weighted by atomic mass is 32.1. The van der Waals surface area contributed by atoms with Crippen LogP contribution in [0.5, 0.6) is 0 Å². The Morgan fingerprint density at radius 3 is 2.66 bits per heavy atom. The average Bonchev–Trinajstić information content (AvgIpc) is 3.46. The molecule has 6 nitrogen and oxygen atoms in total. The molecule has 1 aliphatic rings. The van der Waals surface area contributed by atoms with Gasteiger partial charge in [-0.1, -0.05) is 12.1 Å². The Balaban J connectivity index is 1.30. The number of rotatable bonds is 4. The second-order valence-corrected chi connectivity index (χ2v) is 9.15. The van der Waals surface area contributed by atoms with Crippen LogP contribution in [-0.4, -0.2) is 40.4 Å². The molecule has 0 saturated carbocycles. The summed E-state index contributed by atoms with van der Waals surface area (Å²) in [5, 5.41) is 3.21. The lowest BCUT2D eigenvalue weighted by Gasteiger charge is -2.27. The predicted octanol–water partition coefficient (Wildman–Crippen LogP) is 5.22. The van der Waals surface area contributed by atoms with Crippen molar-refractivity contribution >= 4 is 34.1 Å². The molecule has 1 N–H and O–H groups in total. The molecule has 0 spiro atoms. The molecule has 2 aromatic heterocycles. The molecule has 1 aliphatic heterocycles. The van der Waals surface area contributed by atoms with Crippen LogP contribution in [0.15, 0.2) is 47.8 Å². The summed E-state index contributed by atoms with van der Waals surface area (Å²) in [5.41, 5.74) is 3.81. The van der Waals surface area contributed by atoms with Gasteiger partial charge in [-0.25, -0.2) is 9.78 Å². The Kier molecular flexibility index (Phi) is 5.84. The maximum Gasteiger partial charge on any atom is 0.416 e. The van der Waals surface area contributed by atoms with Gasteiger partial charge >= 0.3 is 12.1 Å². The van der Waals surface area contributed by atoms with Gasteiger partial charge in [-0.2, -0.15) is 13.2 Å². The van der Waals surface area contributed by atoms with E-state index in [1.165, 1.54) is 30.6 Å². The second-order valence-electron chi connectivity index (χ2n) is 8.30. The first-order valence-electron chi connectivity index (χ1n) is 10.8. The first kappa shape index (κ1) is 23.1. The van der Waals surface area contributed by atoms with Crippen molar-refractivity contribution in [1.29, 1.82) is 0 Å². The zero-order chi connectivity index (χ0) is 24.7. The van der Waals surface area contributed by atoms with Gasteiger partial charge in [-0.15, -0.1) is 11.3 Å². The number of ether oxygens (including phenoxy) is 1. The lowest BCUT2D eigenvalue weighted by molar-refractivity contribution is -0.137. The summed E-state index contributed by atoms with van der Waals surface area (Å²) >= 11 is 1.29. The van der Waals surface area contributed by atoms with E-state index in [0.29, 0.717) is 41.3 Å². The van der Waals surface area contributed by atoms with Crippen LogP contribution < -0.4 is 0 Å². The second kappa shape index (κ2) is 8.84. The predicted molar refractivity (Wildman–Crippen MR) is 125 cm³/mol. The van der Waals surface area contributed by atoms with Gasteiger partial charge in [0.1, 0.15) is 5.01 Å². The molecule has 10 heteroatoms. The number of thiazole rings is 1. The van der Waals surface area contributed by atoms with Gasteiger partial charge in [-0.3, -0.25) is 4.79 Å². The summed E-state index contributed by atoms with van der Waals surface area (Å²) in [6.07, 6.45) is -3.63. The van der Waals surface area contributed by atoms with Crippen molar-refractivity contribution in [2.45, 2.75) is 25.6 Å². The Morgan fingerprint density at radius 2 is 1.94 bits per heavy atom. The van der Waals surface area contributed by atoms with E-state index in [-0.39, 0.29) is 12.3 Å². The Hall–Kier alpha value is -3.66. The number of benzene rings is 2. The van der Waals surface area contributed by atoms with Crippen LogP contribution in [0.25, 0.3) is 21.5 Å². The molecular weight excluding hydrogens is 479 g/mol. The summed E-state index contributed by atoms with van der Waals surface area (Å²) in [5.74, 6) is -0.503. The minimum atomic E-state index is -4.39. The number of alkyl halides is 3. The van der Waals surface area contributed by atoms with E-state index < -0.39 is 17.7 Å². The lowest BCUT2D eigenvalue weighted by Crippen LogP contribution is -2.36. The molecule has 0 saturated heterocycles. The van der Waals surface area contributed by atoms with Crippen LogP contribution >= 0.6 is 11.3 Å². The molecular formula is C25H20F3N3O3S. The lowest BCUT2D eigenvalue weighted by atomic mass is 10.0. The summed E-state index contributed by atoms with van der Waals surface area (Å²) in [4.78, 5) is 34.6. The number of nitrogens with one attached hydrogen (secondary N) is 1. The number of H-pyrrole nitrogens is 1. The highest BCUT2D eigenvalue weighted by Crippen LogP contribution is 2.32. The molecule has 4 aromatic rings. The van der Waals surface area contributed by atoms with Crippen molar-refractivity contribution in [2.75, 3.05) is 13.7 Å². The van der Waals surface area contributed by atoms with Crippen molar-refractivity contribution in [2.24, 2.45) is 0 Å². The first-order valence-corrected chi connectivity index (χ1v) is 11.7. The number of fused-ring (bicyclic) bond motifs is 3. The molecule has 2 aromatic carbocycles. The topological polar surface area (TPSA) is 75.3 Å². The molecule has 3 heterocycles. The zero-order valence-electron chi connectivity index (χ0n) is 18.6. The van der Waals surface area contributed by atoms with Crippen LogP contribution in [0.4, 0.5) is 13.2 Å². The van der Waals surface area contributed by atoms with Crippen LogP contribution in [-0.2, 0) is 35.1 Å². The minimum absolute atomic E-state index is 0.0848. The van der Waals surface area contributed by atoms with E-state index in [1.54, 1.807) is 22.4 Å². The zero-order valence-corrected chi connectivity index (χ0v) is 19.4. The van der Waals surface area contributed by atoms with Gasteiger partial charge in [0.05, 0.1) is 30.4 Å². The Morgan fingerprint density at radius 1 is 1.17 bits per heavy atom. The number of aromatic nitrogens is 2. The normalized spacial score (nSPS) is 13.7. The van der Waals surface area contributed by atoms with E-state index in [0.717, 1.165) is 34.3 Å². The van der Waals surface area contributed by atoms with Gasteiger partial charge in [0, 0.05) is 52.6 Å². The summed E-state index contributed by atoms with van der Waals surface area (Å²) in [7, 11) is 1.33. The molecule has 0 aliphatic carbocycles. The maximum atomic E-state index is 13.0. The number of hydrogen-bond acceptors (Lipinski definition) is 5. The van der Waals surface area contributed by atoms with Crippen molar-refractivity contribution in [1.82, 2.24) is 14.9 Å². The van der Waals surface area contributed by atoms with Gasteiger partial charge in [0.15, 0.2) is 0 Å². The molecule has 1 amide bonds. The van der Waals surface area contributed by atoms with E-state index in [1.807, 2.05) is 6.07 Å². The third kappa shape index (κ3) is 4.53. The third-order valence-electron chi connectivity index (χ3n) is 6.09. The van der Waals surface area contributed by atoms with Gasteiger partial charge in [-0.05, 0) is 30.3 Å². The standard InChI is InChI=1S/C25H20F3N3O3S/c1-34-24(33)15-4-7-20-18(10-15)19-12-31(9-8-21(19)30-20)22(32)11-17-13-35-23(29-17)14-2-5-16(6-3-14)25(26,27)28/h2-7,10,13,30H,8-9,11-12H2,1H3. The quantitative estimate of drug-likeness (QED) is 0.391. The summed E-state index contributed by atoms with van der Waals surface area (Å²) in [6, 6.07) is 10.2. The molecule has 0 bridgehead atoms. The van der Waals surface area contributed by atoms with Crippen molar-refractivity contribution in [3.63, 3.8) is 0 Å². The monoisotopic (exact) mass is 499 g/mol. The van der Waals surface area contributed by atoms with Crippen molar-refractivity contribution in [3.8, 4) is 10.6 Å². The summed E-state index contributed by atoms with van der Waals surface area (Å²) in [6.45, 7) is 0.965. The number of carbonyl (C=O) groups is 2. The van der Waals surface area contributed by atoms with Gasteiger partial charge in [0.2, 0.25) is 5.91 Å². The molecule has 0 fully saturated rings. The highest BCUT2D eigenvalue weighted by molar-refractivity contribution is 7.13. The minimum Gasteiger partial charge on any atom is -0.465 e. The number of amides is 1. The van der Waals surface area contributed by atoms with Crippen LogP contribution in [0.1, 0.15) is 32.9 Å². The maximum absolute atomic E-state index is 13.0. The highest BCUT2D eigenvalue weighted by Gasteiger charge is 2.30. The molecule has 180 valence electrons. The summed E-state index contributed by atoms with van der Waals surface area (Å²) < 4.78 is 43.2. The molecule has 0 unspecified atom stereocenters. The fraction of sp³-hybridized carbons (Fsp3) is 0.240. The number of esters is 1. The van der Waals surface area contributed by atoms with Crippen LogP contribution in [0, 0.1) is 0 Å². The number of aromatic amines is 1. The van der Waals surface area contributed by atoms with Gasteiger partial charge < -0.3 is 14.6 Å². The number of nitrogens with zero attached hydrogens (tertiary/aromatic N) is 2. The number of hydrogen-bond donors (Lipinski definition) is 1. The number of carbonyl (C=O) groups excluding carboxylic acids is 2.